The molecule has 2 bridgehead atoms. The molecule has 5 saturated heterocycles. The summed E-state index contributed by atoms with van der Waals surface area (Å²) in [4.78, 5) is 14.4. The highest BCUT2D eigenvalue weighted by molar-refractivity contribution is 5.78. The zero-order valence-electron chi connectivity index (χ0n) is 38.5. The molecule has 0 saturated carbocycles. The molecule has 350 valence electrons. The molecule has 7 rings (SSSR count). The number of hydrogen-bond donors (Lipinski definition) is 3. The number of ether oxygens (including phenoxy) is 10. The summed E-state index contributed by atoms with van der Waals surface area (Å²) in [6, 6.07) is 0. The molecule has 7 aliphatic rings. The Balaban J connectivity index is 1.18. The van der Waals surface area contributed by atoms with Crippen LogP contribution in [-0.4, -0.2) is 139 Å². The number of fused-ring (bicyclic) bond motifs is 2. The van der Waals surface area contributed by atoms with Crippen LogP contribution >= 0.6 is 0 Å². The van der Waals surface area contributed by atoms with Crippen LogP contribution in [0.25, 0.3) is 0 Å². The van der Waals surface area contributed by atoms with E-state index in [1.54, 1.807) is 40.2 Å². The maximum absolute atomic E-state index is 14.4. The summed E-state index contributed by atoms with van der Waals surface area (Å²) in [5, 5.41) is 34.2. The number of hydrogen-bond acceptors (Lipinski definition) is 14. The van der Waals surface area contributed by atoms with E-state index < -0.39 is 90.8 Å². The van der Waals surface area contributed by atoms with Gasteiger partial charge in [-0.05, 0) is 69.1 Å². The number of carbonyl (C=O) groups excluding carboxylic acids is 1. The Morgan fingerprint density at radius 3 is 2.35 bits per heavy atom. The van der Waals surface area contributed by atoms with Crippen molar-refractivity contribution in [2.75, 3.05) is 20.8 Å². The summed E-state index contributed by atoms with van der Waals surface area (Å²) >= 11 is 0. The van der Waals surface area contributed by atoms with E-state index in [1.807, 2.05) is 19.1 Å². The molecule has 0 amide bonds. The van der Waals surface area contributed by atoms with Crippen LogP contribution in [0.3, 0.4) is 0 Å². The van der Waals surface area contributed by atoms with Crippen molar-refractivity contribution in [1.29, 1.82) is 0 Å². The van der Waals surface area contributed by atoms with Gasteiger partial charge in [0.25, 0.3) is 0 Å². The van der Waals surface area contributed by atoms with Crippen molar-refractivity contribution in [3.8, 4) is 0 Å². The van der Waals surface area contributed by atoms with Crippen LogP contribution in [0, 0.1) is 23.7 Å². The van der Waals surface area contributed by atoms with Crippen molar-refractivity contribution in [1.82, 2.24) is 0 Å². The SMILES string of the molecule is CC[C@H](C)[C@H]1O[C@]2(CC[C@@H]1C)C[C@@H]1C[C@@H](C/C=C(\C)[C@@H](O[C@H]3C[C@H](OC)[C@@H](O[C@H]4C[C@H](OC)[C@@H](O)[C@H](C)O4)[C@H](C)O3)[C@@H](C)/C=C/C=C3CO[C@@H]4[C@H](O)C(C)=C[C@H](C(=O)O1)[C@]34O)O2. The maximum atomic E-state index is 14.4. The number of rotatable bonds is 8. The van der Waals surface area contributed by atoms with Gasteiger partial charge in [0, 0.05) is 52.2 Å². The van der Waals surface area contributed by atoms with Crippen LogP contribution in [0.4, 0.5) is 0 Å². The van der Waals surface area contributed by atoms with Gasteiger partial charge in [-0.15, -0.1) is 0 Å². The number of esters is 1. The molecule has 14 heteroatoms. The van der Waals surface area contributed by atoms with E-state index in [2.05, 4.69) is 40.7 Å². The van der Waals surface area contributed by atoms with Gasteiger partial charge >= 0.3 is 5.97 Å². The lowest BCUT2D eigenvalue weighted by Gasteiger charge is -2.51. The number of carbonyl (C=O) groups is 1. The molecule has 0 aromatic heterocycles. The molecule has 62 heavy (non-hydrogen) atoms. The summed E-state index contributed by atoms with van der Waals surface area (Å²) in [5.41, 5.74) is 0.188. The predicted molar refractivity (Wildman–Crippen MR) is 227 cm³/mol. The highest BCUT2D eigenvalue weighted by atomic mass is 16.7. The third kappa shape index (κ3) is 9.73. The smallest absolute Gasteiger partial charge is 0.316 e. The molecule has 5 fully saturated rings. The summed E-state index contributed by atoms with van der Waals surface area (Å²) in [5.74, 6) is -2.10. The largest absolute Gasteiger partial charge is 0.462 e. The van der Waals surface area contributed by atoms with Crippen LogP contribution in [0.15, 0.2) is 47.1 Å². The first kappa shape index (κ1) is 47.9. The lowest BCUT2D eigenvalue weighted by atomic mass is 9.71. The van der Waals surface area contributed by atoms with Gasteiger partial charge in [-0.2, -0.15) is 0 Å². The van der Waals surface area contributed by atoms with Crippen LogP contribution < -0.4 is 0 Å². The lowest BCUT2D eigenvalue weighted by molar-refractivity contribution is -0.340. The summed E-state index contributed by atoms with van der Waals surface area (Å²) in [6.45, 7) is 16.3. The zero-order valence-corrected chi connectivity index (χ0v) is 38.5. The first-order chi connectivity index (χ1) is 29.5. The normalized spacial score (nSPS) is 48.6. The molecule has 3 N–H and O–H groups in total. The topological polar surface area (TPSA) is 170 Å². The van der Waals surface area contributed by atoms with E-state index in [-0.39, 0.29) is 30.8 Å². The molecule has 0 aromatic rings. The van der Waals surface area contributed by atoms with E-state index in [0.717, 1.165) is 18.4 Å². The second-order valence-corrected chi connectivity index (χ2v) is 19.4. The van der Waals surface area contributed by atoms with Crippen molar-refractivity contribution in [3.63, 3.8) is 0 Å². The third-order valence-corrected chi connectivity index (χ3v) is 14.9. The average Bonchev–Trinajstić information content (AvgIpc) is 3.58. The van der Waals surface area contributed by atoms with Gasteiger partial charge in [-0.3, -0.25) is 4.79 Å². The Labute approximate surface area is 368 Å². The summed E-state index contributed by atoms with van der Waals surface area (Å²) < 4.78 is 63.9. The quantitative estimate of drug-likeness (QED) is 0.204. The predicted octanol–water partition coefficient (Wildman–Crippen LogP) is 5.60. The number of aliphatic hydroxyl groups is 3. The Bertz CT molecular complexity index is 1680. The van der Waals surface area contributed by atoms with Crippen molar-refractivity contribution < 1.29 is 67.5 Å². The van der Waals surface area contributed by atoms with Gasteiger partial charge < -0.3 is 62.7 Å². The Hall–Kier alpha value is -2.05. The fourth-order valence-electron chi connectivity index (χ4n) is 11.0. The minimum atomic E-state index is -1.82. The van der Waals surface area contributed by atoms with Crippen molar-refractivity contribution >= 4 is 5.97 Å². The molecule has 0 unspecified atom stereocenters. The van der Waals surface area contributed by atoms with E-state index in [0.29, 0.717) is 61.5 Å². The van der Waals surface area contributed by atoms with Gasteiger partial charge in [-0.1, -0.05) is 64.5 Å². The van der Waals surface area contributed by atoms with Crippen LogP contribution in [0.1, 0.15) is 107 Å². The van der Waals surface area contributed by atoms with Crippen molar-refractivity contribution in [2.24, 2.45) is 23.7 Å². The second-order valence-electron chi connectivity index (χ2n) is 19.4. The molecule has 6 aliphatic heterocycles. The molecule has 14 nitrogen and oxygen atoms in total. The fraction of sp³-hybridized carbons (Fsp3) is 0.812. The second kappa shape index (κ2) is 19.8. The minimum Gasteiger partial charge on any atom is -0.462 e. The zero-order chi connectivity index (χ0) is 44.7. The Kier molecular flexibility index (Phi) is 15.3. The summed E-state index contributed by atoms with van der Waals surface area (Å²) in [7, 11) is 3.23. The minimum absolute atomic E-state index is 0.00708. The van der Waals surface area contributed by atoms with Gasteiger partial charge in [-0.25, -0.2) is 0 Å². The van der Waals surface area contributed by atoms with Crippen LogP contribution in [0.5, 0.6) is 0 Å². The highest BCUT2D eigenvalue weighted by Crippen LogP contribution is 2.48. The highest BCUT2D eigenvalue weighted by Gasteiger charge is 2.60. The molecule has 0 aromatic carbocycles. The first-order valence-corrected chi connectivity index (χ1v) is 23.2. The molecule has 1 aliphatic carbocycles. The average molecular weight is 875 g/mol. The third-order valence-electron chi connectivity index (χ3n) is 14.9. The fourth-order valence-corrected chi connectivity index (χ4v) is 11.0. The molecular formula is C48H74O14. The molecule has 0 radical (unpaired) electrons. The standard InChI is InChI=1S/C48H74O14/c1-11-25(2)43-28(5)17-18-47(62-43)23-34-20-33(61-47)16-15-27(4)42(26(3)13-12-14-32-24-55-45-40(49)29(6)19-35(46(51)58-34)48(32,45)52)59-39-22-37(54-10)44(31(8)57-39)60-38-21-36(53-9)41(50)30(7)56-38/h12-15,19,25-26,28,30-31,33-45,49-50,52H,11,16-18,20-24H2,1-10H3/b13-12+,27-15+,32-14?/t25-,26-,28-,30-,31-,33+,34-,35+,36-,37-,38-,39-,40+,41-,42-,43+,44-,45+,47+,48+/m0/s1. The van der Waals surface area contributed by atoms with Crippen molar-refractivity contribution in [3.05, 3.63) is 47.1 Å². The van der Waals surface area contributed by atoms with Gasteiger partial charge in [0.05, 0.1) is 49.3 Å². The number of allylic oxidation sites excluding steroid dienone is 2. The molecule has 1 spiro atoms. The molecular weight excluding hydrogens is 801 g/mol. The molecule has 20 atom stereocenters. The van der Waals surface area contributed by atoms with Gasteiger partial charge in [0.2, 0.25) is 0 Å². The van der Waals surface area contributed by atoms with E-state index in [4.69, 9.17) is 47.4 Å². The van der Waals surface area contributed by atoms with Crippen molar-refractivity contribution in [2.45, 2.75) is 204 Å². The first-order valence-electron chi connectivity index (χ1n) is 23.2. The van der Waals surface area contributed by atoms with Crippen LogP contribution in [0.2, 0.25) is 0 Å². The van der Waals surface area contributed by atoms with Gasteiger partial charge in [0.15, 0.2) is 18.4 Å². The lowest BCUT2D eigenvalue weighted by Crippen LogP contribution is -2.58. The number of aliphatic hydroxyl groups excluding tert-OH is 2. The van der Waals surface area contributed by atoms with E-state index in [1.165, 1.54) is 0 Å². The summed E-state index contributed by atoms with van der Waals surface area (Å²) in [6.07, 6.45) is 6.53. The van der Waals surface area contributed by atoms with E-state index >= 15 is 0 Å². The Morgan fingerprint density at radius 2 is 1.63 bits per heavy atom. The van der Waals surface area contributed by atoms with Gasteiger partial charge in [0.1, 0.15) is 42.0 Å². The molecule has 6 heterocycles. The van der Waals surface area contributed by atoms with Crippen LogP contribution in [-0.2, 0) is 52.2 Å². The maximum Gasteiger partial charge on any atom is 0.316 e. The number of methoxy groups -OCH3 is 2. The van der Waals surface area contributed by atoms with E-state index in [9.17, 15) is 20.1 Å². The monoisotopic (exact) mass is 875 g/mol. The Morgan fingerprint density at radius 1 is 0.919 bits per heavy atom.